The molecule has 2 aromatic carbocycles. The summed E-state index contributed by atoms with van der Waals surface area (Å²) in [4.78, 5) is 38.6. The number of benzene rings is 2. The Morgan fingerprint density at radius 2 is 1.80 bits per heavy atom. The lowest BCUT2D eigenvalue weighted by Crippen LogP contribution is -2.33. The fourth-order valence-electron chi connectivity index (χ4n) is 5.63. The minimum Gasteiger partial charge on any atom is -0.461 e. The lowest BCUT2D eigenvalue weighted by atomic mass is 9.94. The fourth-order valence-corrected chi connectivity index (χ4v) is 6.49. The Balaban J connectivity index is 1.30. The minimum atomic E-state index is -0.454. The summed E-state index contributed by atoms with van der Waals surface area (Å²) >= 11 is 1.46. The maximum atomic E-state index is 13.5. The molecule has 9 nitrogen and oxygen atoms in total. The first-order valence-corrected chi connectivity index (χ1v) is 16.2. The van der Waals surface area contributed by atoms with E-state index in [9.17, 15) is 9.59 Å². The molecule has 1 N–H and O–H groups in total. The second-order valence-electron chi connectivity index (χ2n) is 12.3. The van der Waals surface area contributed by atoms with Gasteiger partial charge in [-0.25, -0.2) is 14.8 Å². The average Bonchev–Trinajstić information content (AvgIpc) is 3.60. The molecule has 0 spiro atoms. The Bertz CT molecular complexity index is 1840. The number of ether oxygens (including phenoxy) is 1. The van der Waals surface area contributed by atoms with E-state index < -0.39 is 5.97 Å². The number of hydrogen-bond donors (Lipinski definition) is 1. The molecule has 5 aromatic rings. The van der Waals surface area contributed by atoms with Crippen LogP contribution in [0.2, 0.25) is 0 Å². The van der Waals surface area contributed by atoms with Crippen LogP contribution in [0.4, 0.5) is 10.9 Å². The number of thiazole rings is 1. The summed E-state index contributed by atoms with van der Waals surface area (Å²) in [6, 6.07) is 17.6. The zero-order valence-corrected chi connectivity index (χ0v) is 27.1. The molecule has 0 atom stereocenters. The van der Waals surface area contributed by atoms with Crippen LogP contribution in [0.25, 0.3) is 21.3 Å². The highest BCUT2D eigenvalue weighted by Gasteiger charge is 2.26. The molecule has 1 amide bonds. The molecule has 0 saturated carbocycles. The summed E-state index contributed by atoms with van der Waals surface area (Å²) in [5.41, 5.74) is 6.36. The number of esters is 1. The van der Waals surface area contributed by atoms with Crippen molar-refractivity contribution in [2.24, 2.45) is 11.8 Å². The number of anilines is 2. The van der Waals surface area contributed by atoms with Crippen LogP contribution < -0.4 is 10.2 Å². The van der Waals surface area contributed by atoms with Gasteiger partial charge in [0.25, 0.3) is 5.91 Å². The van der Waals surface area contributed by atoms with Crippen LogP contribution in [0.5, 0.6) is 0 Å². The number of para-hydroxylation sites is 1. The summed E-state index contributed by atoms with van der Waals surface area (Å²) in [5, 5.41) is 8.18. The van der Waals surface area contributed by atoms with Crippen molar-refractivity contribution in [3.05, 3.63) is 88.9 Å². The maximum absolute atomic E-state index is 13.5. The molecule has 1 aliphatic heterocycles. The Morgan fingerprint density at radius 3 is 2.58 bits per heavy atom. The quantitative estimate of drug-likeness (QED) is 0.174. The number of carbonyl (C=O) groups is 2. The van der Waals surface area contributed by atoms with Crippen LogP contribution in [0.15, 0.2) is 60.8 Å². The largest absolute Gasteiger partial charge is 0.461 e. The van der Waals surface area contributed by atoms with E-state index in [2.05, 4.69) is 40.2 Å². The van der Waals surface area contributed by atoms with E-state index >= 15 is 0 Å². The van der Waals surface area contributed by atoms with Crippen LogP contribution in [0.3, 0.4) is 0 Å². The molecule has 45 heavy (non-hydrogen) atoms. The standard InChI is InChI=1S/C35H38N6O3S/c1-21(2)18-41-23(5)27(17-36-41)25-13-14-31(38-32(25)34(43)44-20-22(3)4)40-16-15-24-9-8-10-26(28(24)19-40)33(42)39-35-37-29-11-6-7-12-30(29)45-35/h6-14,17,21-22H,15-16,18-20H2,1-5H3,(H,37,39,42). The van der Waals surface area contributed by atoms with E-state index in [1.807, 2.05) is 74.0 Å². The predicted octanol–water partition coefficient (Wildman–Crippen LogP) is 7.15. The smallest absolute Gasteiger partial charge is 0.357 e. The summed E-state index contributed by atoms with van der Waals surface area (Å²) in [7, 11) is 0. The average molecular weight is 623 g/mol. The monoisotopic (exact) mass is 622 g/mol. The molecule has 0 unspecified atom stereocenters. The molecule has 0 saturated heterocycles. The number of aromatic nitrogens is 4. The number of nitrogens with one attached hydrogen (secondary N) is 1. The third-order valence-electron chi connectivity index (χ3n) is 7.91. The van der Waals surface area contributed by atoms with Crippen molar-refractivity contribution in [1.29, 1.82) is 0 Å². The van der Waals surface area contributed by atoms with Crippen LogP contribution in [0, 0.1) is 18.8 Å². The SMILES string of the molecule is Cc1c(-c2ccc(N3CCc4cccc(C(=O)Nc5nc6ccccc6s5)c4C3)nc2C(=O)OCC(C)C)cnn1CC(C)C. The molecule has 3 aromatic heterocycles. The fraction of sp³-hybridized carbons (Fsp3) is 0.343. The first kappa shape index (κ1) is 30.5. The third kappa shape index (κ3) is 6.47. The highest BCUT2D eigenvalue weighted by atomic mass is 32.1. The van der Waals surface area contributed by atoms with E-state index in [4.69, 9.17) is 9.72 Å². The zero-order chi connectivity index (χ0) is 31.7. The molecule has 1 aliphatic rings. The van der Waals surface area contributed by atoms with Gasteiger partial charge in [0.2, 0.25) is 0 Å². The number of fused-ring (bicyclic) bond motifs is 2. The number of hydrogen-bond acceptors (Lipinski definition) is 8. The summed E-state index contributed by atoms with van der Waals surface area (Å²) in [5.74, 6) is 0.645. The van der Waals surface area contributed by atoms with Gasteiger partial charge in [-0.2, -0.15) is 5.10 Å². The Hall–Kier alpha value is -4.57. The summed E-state index contributed by atoms with van der Waals surface area (Å²) in [6.07, 6.45) is 2.55. The van der Waals surface area contributed by atoms with E-state index in [1.165, 1.54) is 11.3 Å². The molecule has 6 rings (SSSR count). The van der Waals surface area contributed by atoms with Crippen molar-refractivity contribution in [1.82, 2.24) is 19.7 Å². The number of amides is 1. The van der Waals surface area contributed by atoms with E-state index in [-0.39, 0.29) is 17.5 Å². The van der Waals surface area contributed by atoms with Crippen molar-refractivity contribution in [3.8, 4) is 11.1 Å². The second-order valence-corrected chi connectivity index (χ2v) is 13.4. The van der Waals surface area contributed by atoms with Gasteiger partial charge in [0.05, 0.1) is 23.0 Å². The van der Waals surface area contributed by atoms with Crippen LogP contribution in [-0.4, -0.2) is 44.8 Å². The van der Waals surface area contributed by atoms with Gasteiger partial charge >= 0.3 is 5.97 Å². The van der Waals surface area contributed by atoms with Gasteiger partial charge in [-0.1, -0.05) is 63.3 Å². The Kier molecular flexibility index (Phi) is 8.67. The topological polar surface area (TPSA) is 102 Å². The van der Waals surface area contributed by atoms with E-state index in [0.717, 1.165) is 45.6 Å². The third-order valence-corrected chi connectivity index (χ3v) is 8.86. The zero-order valence-electron chi connectivity index (χ0n) is 26.3. The molecule has 0 radical (unpaired) electrons. The van der Waals surface area contributed by atoms with Gasteiger partial charge in [-0.05, 0) is 66.6 Å². The van der Waals surface area contributed by atoms with Gasteiger partial charge in [0, 0.05) is 42.0 Å². The summed E-state index contributed by atoms with van der Waals surface area (Å²) in [6.45, 7) is 12.6. The van der Waals surface area contributed by atoms with Crippen LogP contribution >= 0.6 is 11.3 Å². The van der Waals surface area contributed by atoms with Crippen LogP contribution in [-0.2, 0) is 24.2 Å². The molecule has 0 fully saturated rings. The number of pyridine rings is 1. The molecular weight excluding hydrogens is 584 g/mol. The number of carbonyl (C=O) groups excluding carboxylic acids is 2. The molecule has 0 aliphatic carbocycles. The lowest BCUT2D eigenvalue weighted by Gasteiger charge is -2.31. The van der Waals surface area contributed by atoms with Gasteiger partial charge in [0.15, 0.2) is 10.8 Å². The number of nitrogens with zero attached hydrogens (tertiary/aromatic N) is 5. The van der Waals surface area contributed by atoms with Crippen LogP contribution in [0.1, 0.15) is 65.4 Å². The van der Waals surface area contributed by atoms with Gasteiger partial charge < -0.3 is 9.64 Å². The molecule has 0 bridgehead atoms. The first-order chi connectivity index (χ1) is 21.7. The van der Waals surface area contributed by atoms with Crippen molar-refractivity contribution in [3.63, 3.8) is 0 Å². The molecule has 10 heteroatoms. The van der Waals surface area contributed by atoms with Gasteiger partial charge in [-0.3, -0.25) is 14.8 Å². The number of rotatable bonds is 9. The van der Waals surface area contributed by atoms with Crippen molar-refractivity contribution < 1.29 is 14.3 Å². The molecule has 4 heterocycles. The van der Waals surface area contributed by atoms with Gasteiger partial charge in [-0.15, -0.1) is 0 Å². The maximum Gasteiger partial charge on any atom is 0.357 e. The molecular formula is C35H38N6O3S. The van der Waals surface area contributed by atoms with E-state index in [0.29, 0.717) is 47.7 Å². The summed E-state index contributed by atoms with van der Waals surface area (Å²) < 4.78 is 8.68. The van der Waals surface area contributed by atoms with E-state index in [1.54, 1.807) is 6.20 Å². The van der Waals surface area contributed by atoms with Gasteiger partial charge in [0.1, 0.15) is 5.82 Å². The first-order valence-electron chi connectivity index (χ1n) is 15.4. The molecule has 232 valence electrons. The van der Waals surface area contributed by atoms with Crippen molar-refractivity contribution in [2.45, 2.75) is 54.1 Å². The van der Waals surface area contributed by atoms with Crippen molar-refractivity contribution in [2.75, 3.05) is 23.4 Å². The van der Waals surface area contributed by atoms with Crippen molar-refractivity contribution >= 4 is 44.4 Å². The predicted molar refractivity (Wildman–Crippen MR) is 179 cm³/mol. The Morgan fingerprint density at radius 1 is 0.978 bits per heavy atom. The highest BCUT2D eigenvalue weighted by molar-refractivity contribution is 7.22. The lowest BCUT2D eigenvalue weighted by molar-refractivity contribution is 0.0453. The minimum absolute atomic E-state index is 0.192. The highest BCUT2D eigenvalue weighted by Crippen LogP contribution is 2.32. The Labute approximate surface area is 267 Å². The normalized spacial score (nSPS) is 13.0. The second kappa shape index (κ2) is 12.8.